The molecule has 2 aromatic carbocycles. The number of aryl methyl sites for hydroxylation is 1. The van der Waals surface area contributed by atoms with Crippen molar-refractivity contribution in [2.75, 3.05) is 25.1 Å². The number of hydrogen-bond acceptors (Lipinski definition) is 5. The van der Waals surface area contributed by atoms with E-state index in [1.54, 1.807) is 25.1 Å². The summed E-state index contributed by atoms with van der Waals surface area (Å²) in [5, 5.41) is 8.88. The highest BCUT2D eigenvalue weighted by Crippen LogP contribution is 2.17. The summed E-state index contributed by atoms with van der Waals surface area (Å²) in [4.78, 5) is 5.23. The number of nitrogens with zero attached hydrogens (tertiary/aromatic N) is 3. The Morgan fingerprint density at radius 2 is 1.83 bits per heavy atom. The molecule has 0 heterocycles. The van der Waals surface area contributed by atoms with Crippen molar-refractivity contribution < 1.29 is 12.6 Å². The lowest BCUT2D eigenvalue weighted by Gasteiger charge is -2.19. The molecule has 0 unspecified atom stereocenters. The first-order valence-electron chi connectivity index (χ1n) is 9.20. The Hall–Kier alpha value is -3.39. The minimum Gasteiger partial charge on any atom is -0.372 e. The van der Waals surface area contributed by atoms with Gasteiger partial charge in [-0.25, -0.2) is 10.1 Å². The quantitative estimate of drug-likeness (QED) is 0.270. The first kappa shape index (κ1) is 22.9. The lowest BCUT2D eigenvalue weighted by molar-refractivity contribution is 0.325. The predicted octanol–water partition coefficient (Wildman–Crippen LogP) is 4.57. The maximum Gasteiger partial charge on any atom is 0.297 e. The summed E-state index contributed by atoms with van der Waals surface area (Å²) < 4.78 is 29.6. The molecule has 2 aromatic rings. The third-order valence-corrected chi connectivity index (χ3v) is 5.75. The summed E-state index contributed by atoms with van der Waals surface area (Å²) in [7, 11) is -1.92. The van der Waals surface area contributed by atoms with Crippen LogP contribution >= 0.6 is 0 Å². The van der Waals surface area contributed by atoms with Gasteiger partial charge in [0.25, 0.3) is 15.8 Å². The minimum absolute atomic E-state index is 0.0336. The molecule has 0 spiro atoms. The van der Waals surface area contributed by atoms with E-state index in [2.05, 4.69) is 4.85 Å². The summed E-state index contributed by atoms with van der Waals surface area (Å²) >= 11 is 0. The van der Waals surface area contributed by atoms with E-state index < -0.39 is 10.1 Å². The fourth-order valence-electron chi connectivity index (χ4n) is 2.53. The fourth-order valence-corrected chi connectivity index (χ4v) is 3.43. The van der Waals surface area contributed by atoms with Crippen LogP contribution < -0.4 is 4.90 Å². The SMILES string of the molecule is [C-]#[N+]C(C#N)=C(C)C=Cc1ccc(N(C)CCOS(=O)(=O)c2ccc(C)cc2)cc1. The van der Waals surface area contributed by atoms with Gasteiger partial charge in [-0.1, -0.05) is 42.0 Å². The first-order chi connectivity index (χ1) is 14.3. The third-order valence-electron chi connectivity index (χ3n) is 4.43. The average Bonchev–Trinajstić information content (AvgIpc) is 2.73. The van der Waals surface area contributed by atoms with E-state index >= 15 is 0 Å². The normalized spacial score (nSPS) is 12.2. The van der Waals surface area contributed by atoms with Crippen molar-refractivity contribution in [3.05, 3.63) is 88.4 Å². The van der Waals surface area contributed by atoms with Crippen LogP contribution in [0.15, 0.2) is 70.8 Å². The molecule has 0 aliphatic heterocycles. The van der Waals surface area contributed by atoms with Gasteiger partial charge in [0.2, 0.25) is 0 Å². The molecule has 0 saturated heterocycles. The molecule has 0 aliphatic carbocycles. The van der Waals surface area contributed by atoms with Crippen LogP contribution in [0.1, 0.15) is 18.1 Å². The van der Waals surface area contributed by atoms with E-state index in [9.17, 15) is 8.42 Å². The second-order valence-electron chi connectivity index (χ2n) is 6.69. The molecule has 30 heavy (non-hydrogen) atoms. The zero-order valence-corrected chi connectivity index (χ0v) is 18.0. The van der Waals surface area contributed by atoms with Gasteiger partial charge in [-0.05, 0) is 49.2 Å². The van der Waals surface area contributed by atoms with Crippen molar-refractivity contribution >= 4 is 21.9 Å². The van der Waals surface area contributed by atoms with Gasteiger partial charge in [-0.2, -0.15) is 8.42 Å². The van der Waals surface area contributed by atoms with Crippen LogP contribution in [-0.4, -0.2) is 28.6 Å². The number of allylic oxidation sites excluding steroid dienone is 3. The van der Waals surface area contributed by atoms with Crippen molar-refractivity contribution in [2.24, 2.45) is 0 Å². The number of benzene rings is 2. The molecule has 0 amide bonds. The van der Waals surface area contributed by atoms with Crippen LogP contribution in [0.3, 0.4) is 0 Å². The molecule has 0 bridgehead atoms. The molecule has 0 saturated carbocycles. The van der Waals surface area contributed by atoms with Crippen LogP contribution in [0.2, 0.25) is 0 Å². The summed E-state index contributed by atoms with van der Waals surface area (Å²) in [6.07, 6.45) is 3.57. The Kier molecular flexibility index (Phi) is 7.94. The van der Waals surface area contributed by atoms with E-state index in [4.69, 9.17) is 16.0 Å². The minimum atomic E-state index is -3.77. The third kappa shape index (κ3) is 6.31. The predicted molar refractivity (Wildman–Crippen MR) is 118 cm³/mol. The molecule has 0 aromatic heterocycles. The Labute approximate surface area is 178 Å². The average molecular weight is 422 g/mol. The second kappa shape index (κ2) is 10.4. The Morgan fingerprint density at radius 3 is 2.40 bits per heavy atom. The van der Waals surface area contributed by atoms with Gasteiger partial charge in [-0.15, -0.1) is 0 Å². The molecule has 0 aliphatic rings. The van der Waals surface area contributed by atoms with Crippen molar-refractivity contribution in [1.29, 1.82) is 5.26 Å². The zero-order valence-electron chi connectivity index (χ0n) is 17.2. The van der Waals surface area contributed by atoms with E-state index in [1.807, 2.05) is 55.3 Å². The lowest BCUT2D eigenvalue weighted by atomic mass is 10.1. The van der Waals surface area contributed by atoms with Crippen LogP contribution in [0.25, 0.3) is 10.9 Å². The number of likely N-dealkylation sites (N-methyl/N-ethyl adjacent to an activating group) is 1. The highest BCUT2D eigenvalue weighted by atomic mass is 32.2. The molecular formula is C23H23N3O3S. The van der Waals surface area contributed by atoms with Gasteiger partial charge < -0.3 is 4.90 Å². The van der Waals surface area contributed by atoms with E-state index in [1.165, 1.54) is 12.1 Å². The smallest absolute Gasteiger partial charge is 0.297 e. The van der Waals surface area contributed by atoms with Gasteiger partial charge in [0.05, 0.1) is 24.1 Å². The monoisotopic (exact) mass is 421 g/mol. The molecule has 7 heteroatoms. The Balaban J connectivity index is 1.94. The maximum atomic E-state index is 12.2. The molecular weight excluding hydrogens is 398 g/mol. The van der Waals surface area contributed by atoms with Gasteiger partial charge in [-0.3, -0.25) is 4.18 Å². The molecule has 0 radical (unpaired) electrons. The first-order valence-corrected chi connectivity index (χ1v) is 10.6. The molecule has 2 rings (SSSR count). The van der Waals surface area contributed by atoms with E-state index in [0.717, 1.165) is 16.8 Å². The zero-order chi connectivity index (χ0) is 22.1. The number of anilines is 1. The maximum absolute atomic E-state index is 12.2. The molecule has 0 fully saturated rings. The number of hydrogen-bond donors (Lipinski definition) is 0. The standard InChI is InChI=1S/C23H23N3O3S/c1-18-5-13-22(14-6-18)30(27,28)29-16-15-26(4)21-11-9-20(10-12-21)8-7-19(2)23(17-24)25-3/h5-14H,15-16H2,1-2,4H3. The lowest BCUT2D eigenvalue weighted by Crippen LogP contribution is -2.24. The number of nitriles is 1. The molecule has 0 N–H and O–H groups in total. The van der Waals surface area contributed by atoms with Gasteiger partial charge in [0.15, 0.2) is 0 Å². The van der Waals surface area contributed by atoms with Crippen molar-refractivity contribution in [3.63, 3.8) is 0 Å². The Bertz CT molecular complexity index is 1100. The van der Waals surface area contributed by atoms with Gasteiger partial charge >= 0.3 is 0 Å². The highest BCUT2D eigenvalue weighted by molar-refractivity contribution is 7.86. The largest absolute Gasteiger partial charge is 0.372 e. The summed E-state index contributed by atoms with van der Waals surface area (Å²) in [6, 6.07) is 16.0. The highest BCUT2D eigenvalue weighted by Gasteiger charge is 2.15. The molecule has 6 nitrogen and oxygen atoms in total. The van der Waals surface area contributed by atoms with Crippen molar-refractivity contribution in [2.45, 2.75) is 18.7 Å². The van der Waals surface area contributed by atoms with Crippen LogP contribution in [0.5, 0.6) is 0 Å². The van der Waals surface area contributed by atoms with Gasteiger partial charge in [0.1, 0.15) is 0 Å². The van der Waals surface area contributed by atoms with Crippen molar-refractivity contribution in [1.82, 2.24) is 0 Å². The molecule has 154 valence electrons. The van der Waals surface area contributed by atoms with E-state index in [0.29, 0.717) is 12.1 Å². The fraction of sp³-hybridized carbons (Fsp3) is 0.217. The van der Waals surface area contributed by atoms with E-state index in [-0.39, 0.29) is 17.2 Å². The van der Waals surface area contributed by atoms with Crippen molar-refractivity contribution in [3.8, 4) is 6.07 Å². The second-order valence-corrected chi connectivity index (χ2v) is 8.31. The van der Waals surface area contributed by atoms with Crippen LogP contribution in [-0.2, 0) is 14.3 Å². The summed E-state index contributed by atoms with van der Waals surface area (Å²) in [6.45, 7) is 11.0. The molecule has 0 atom stereocenters. The van der Waals surface area contributed by atoms with Crippen LogP contribution in [0, 0.1) is 24.8 Å². The van der Waals surface area contributed by atoms with Gasteiger partial charge in [0, 0.05) is 19.3 Å². The summed E-state index contributed by atoms with van der Waals surface area (Å²) in [5.74, 6) is 0. The van der Waals surface area contributed by atoms with Crippen LogP contribution in [0.4, 0.5) is 5.69 Å². The Morgan fingerprint density at radius 1 is 1.20 bits per heavy atom. The summed E-state index contributed by atoms with van der Waals surface area (Å²) in [5.41, 5.74) is 3.50. The topological polar surface area (TPSA) is 74.8 Å². The number of rotatable bonds is 8.